The van der Waals surface area contributed by atoms with E-state index in [0.29, 0.717) is 0 Å². The van der Waals surface area contributed by atoms with Crippen molar-refractivity contribution in [1.29, 1.82) is 0 Å². The van der Waals surface area contributed by atoms with Gasteiger partial charge in [0.05, 0.1) is 139 Å². The number of aryl methyl sites for hydroxylation is 6. The summed E-state index contributed by atoms with van der Waals surface area (Å²) < 4.78 is 149. The van der Waals surface area contributed by atoms with Crippen LogP contribution < -0.4 is 59.0 Å². The topological polar surface area (TPSA) is 661 Å². The second-order valence-corrected chi connectivity index (χ2v) is 35.9. The van der Waals surface area contributed by atoms with Crippen LogP contribution in [-0.4, -0.2) is 155 Å². The van der Waals surface area contributed by atoms with Gasteiger partial charge in [0.1, 0.15) is 0 Å². The maximum atomic E-state index is 11.4. The summed E-state index contributed by atoms with van der Waals surface area (Å²) in [6.07, 6.45) is 10.6. The standard InChI is InChI=1S/3C10H8N2.6C9H11NO4S.2H2O.2Sm/c3*1-3-7-11-9(5-1)10-6-2-4-8-12-10;6*1-7-2-4-8(5-3-7)15(13,14)10-6-9(11)12;;;;/h3*1-8H;6*2-5,10H,6H2,1H3,(H,11,12);2*1H2;;/q;;;;;;;;;;;2*+3/p-4. The third-order valence-corrected chi connectivity index (χ3v) is 23.7. The molecule has 6 aromatic carbocycles. The molecule has 0 spiro atoms. The van der Waals surface area contributed by atoms with Crippen molar-refractivity contribution >= 4 is 96.0 Å². The first-order chi connectivity index (χ1) is 59.4. The van der Waals surface area contributed by atoms with Crippen molar-refractivity contribution < 1.29 is 202 Å². The summed E-state index contributed by atoms with van der Waals surface area (Å²) in [4.78, 5) is 85.9. The first kappa shape index (κ1) is 119. The van der Waals surface area contributed by atoms with Gasteiger partial charge >= 0.3 is 80.8 Å². The molecule has 12 N–H and O–H groups in total. The van der Waals surface area contributed by atoms with Crippen molar-refractivity contribution in [3.63, 3.8) is 0 Å². The summed E-state index contributed by atoms with van der Waals surface area (Å²) in [6.45, 7) is 6.59. The van der Waals surface area contributed by atoms with Gasteiger partial charge < -0.3 is 70.4 Å². The predicted molar refractivity (Wildman–Crippen MR) is 460 cm³/mol. The van der Waals surface area contributed by atoms with Crippen LogP contribution in [0.4, 0.5) is 0 Å². The molecule has 0 aliphatic heterocycles. The van der Waals surface area contributed by atoms with Crippen LogP contribution in [0.25, 0.3) is 34.2 Å². The van der Waals surface area contributed by atoms with Crippen LogP contribution in [0.1, 0.15) is 33.4 Å². The summed E-state index contributed by atoms with van der Waals surface area (Å²) in [5.41, 5.74) is 11.0. The Morgan fingerprint density at radius 2 is 0.315 bits per heavy atom. The van der Waals surface area contributed by atoms with Gasteiger partial charge in [0, 0.05) is 37.2 Å². The van der Waals surface area contributed by atoms with Gasteiger partial charge in [-0.2, -0.15) is 0 Å². The second kappa shape index (κ2) is 60.9. The molecule has 0 aliphatic rings. The number of hydrogen-bond acceptors (Lipinski definition) is 30. The fourth-order valence-electron chi connectivity index (χ4n) is 8.81. The molecular weight excluding hydrogens is 2090 g/mol. The Kier molecular flexibility index (Phi) is 55.8. The van der Waals surface area contributed by atoms with Gasteiger partial charge in [-0.15, -0.1) is 0 Å². The summed E-state index contributed by atoms with van der Waals surface area (Å²) in [5.74, 6) is -8.80. The van der Waals surface area contributed by atoms with Gasteiger partial charge in [0.25, 0.3) is 0 Å². The quantitative estimate of drug-likeness (QED) is 0.0327. The van der Waals surface area contributed by atoms with Crippen molar-refractivity contribution in [3.05, 3.63) is 325 Å². The molecular formula is C84H90N12O26S6Sm2+2. The summed E-state index contributed by atoms with van der Waals surface area (Å²) >= 11 is 0. The van der Waals surface area contributed by atoms with Crippen molar-refractivity contribution in [3.8, 4) is 34.2 Å². The maximum Gasteiger partial charge on any atom is 3.00 e. The molecule has 2 radical (unpaired) electrons. The largest absolute Gasteiger partial charge is 3.00 e. The average molecular weight is 2180 g/mol. The van der Waals surface area contributed by atoms with E-state index in [-0.39, 0.29) is 121 Å². The van der Waals surface area contributed by atoms with E-state index in [1.54, 1.807) is 110 Å². The summed E-state index contributed by atoms with van der Waals surface area (Å²) in [5, 5.41) is 60.6. The Hall–Kier alpha value is -10.9. The molecule has 46 heteroatoms. The number of carboxylic acids is 6. The average Bonchev–Trinajstić information content (AvgIpc) is 0.853. The zero-order valence-electron chi connectivity index (χ0n) is 69.9. The Labute approximate surface area is 817 Å². The Bertz CT molecular complexity index is 5190. The van der Waals surface area contributed by atoms with Gasteiger partial charge in [-0.05, 0) is 187 Å². The molecule has 0 bridgehead atoms. The van der Waals surface area contributed by atoms with Crippen LogP contribution in [-0.2, 0) is 99.9 Å². The number of sulfonamides is 6. The number of carboxylic acid groups (broad SMARTS) is 6. The van der Waals surface area contributed by atoms with Crippen LogP contribution in [0.5, 0.6) is 0 Å². The normalized spacial score (nSPS) is 10.5. The minimum atomic E-state index is -3.74. The van der Waals surface area contributed by atoms with E-state index in [1.807, 2.05) is 179 Å². The smallest absolute Gasteiger partial charge is 0.549 e. The molecule has 0 aliphatic carbocycles. The van der Waals surface area contributed by atoms with Crippen LogP contribution in [0.3, 0.4) is 0 Å². The molecule has 0 fully saturated rings. The van der Waals surface area contributed by atoms with Crippen molar-refractivity contribution in [2.45, 2.75) is 70.9 Å². The van der Waals surface area contributed by atoms with E-state index in [4.69, 9.17) is 0 Å². The first-order valence-corrected chi connectivity index (χ1v) is 45.3. The number of nitrogens with zero attached hydrogens (tertiary/aromatic N) is 6. The number of benzene rings is 6. The van der Waals surface area contributed by atoms with Crippen LogP contribution >= 0.6 is 0 Å². The Morgan fingerprint density at radius 1 is 0.208 bits per heavy atom. The third kappa shape index (κ3) is 48.1. The summed E-state index contributed by atoms with van der Waals surface area (Å²) in [6, 6.07) is 71.3. The van der Waals surface area contributed by atoms with Crippen LogP contribution in [0.15, 0.2) is 321 Å². The SMILES string of the molecule is Cc1ccc(S(=O)(=O)NCC(=O)[O-])cc1.Cc1ccc(S(=O)(=O)NCC(=O)[O-])cc1.Cc1ccc(S(=O)(=O)NCC(=O)[O-])cc1.Cc1ccc(S(=O)(=O)NCC(=O)[O-])cc1.Cc1ccc(S(=O)(=O)NCC(=O)[O-])cc1.Cc1ccc(S(=O)(=O)NCC(=O)[O-])cc1.[OH3+].[OH3+].[Sm+3].[Sm+3].c1ccc(-c2ccccn2)nc1.c1ccc(-c2ccccn2)nc1.c1ccc(-c2ccccn2)nc1. The fourth-order valence-corrected chi connectivity index (χ4v) is 14.6. The molecule has 0 unspecified atom stereocenters. The summed E-state index contributed by atoms with van der Waals surface area (Å²) in [7, 11) is -22.5. The van der Waals surface area contributed by atoms with Crippen molar-refractivity contribution in [1.82, 2.24) is 58.2 Å². The minimum absolute atomic E-state index is 0. The third-order valence-electron chi connectivity index (χ3n) is 15.2. The zero-order chi connectivity index (χ0) is 93.5. The number of rotatable bonds is 27. The number of nitrogens with one attached hydrogen (secondary N) is 6. The van der Waals surface area contributed by atoms with E-state index in [9.17, 15) is 110 Å². The second-order valence-electron chi connectivity index (χ2n) is 25.3. The molecule has 130 heavy (non-hydrogen) atoms. The molecule has 688 valence electrons. The fraction of sp³-hybridized carbons (Fsp3) is 0.143. The van der Waals surface area contributed by atoms with E-state index in [0.717, 1.165) is 67.5 Å². The molecule has 38 nitrogen and oxygen atoms in total. The minimum Gasteiger partial charge on any atom is -0.549 e. The van der Waals surface area contributed by atoms with E-state index >= 15 is 0 Å². The number of aromatic nitrogens is 6. The number of aliphatic carboxylic acids is 6. The molecule has 6 aromatic heterocycles. The number of pyridine rings is 6. The first-order valence-electron chi connectivity index (χ1n) is 36.4. The molecule has 0 saturated heterocycles. The maximum absolute atomic E-state index is 11.4. The van der Waals surface area contributed by atoms with Gasteiger partial charge in [0.2, 0.25) is 60.1 Å². The van der Waals surface area contributed by atoms with Gasteiger partial charge in [-0.25, -0.2) is 78.8 Å². The van der Waals surface area contributed by atoms with Crippen LogP contribution in [0, 0.1) is 122 Å². The van der Waals surface area contributed by atoms with E-state index in [1.165, 1.54) is 72.8 Å². The Morgan fingerprint density at radius 3 is 0.400 bits per heavy atom. The van der Waals surface area contributed by atoms with Gasteiger partial charge in [-0.3, -0.25) is 29.9 Å². The monoisotopic (exact) mass is 2180 g/mol. The van der Waals surface area contributed by atoms with Crippen LogP contribution in [0.2, 0.25) is 0 Å². The van der Waals surface area contributed by atoms with Gasteiger partial charge in [0.15, 0.2) is 0 Å². The number of hydrogen-bond donors (Lipinski definition) is 6. The van der Waals surface area contributed by atoms with Crippen molar-refractivity contribution in [2.24, 2.45) is 0 Å². The predicted octanol–water partition coefficient (Wildman–Crippen LogP) is -1.27. The van der Waals surface area contributed by atoms with E-state index in [2.05, 4.69) is 29.9 Å². The molecule has 6 heterocycles. The van der Waals surface area contributed by atoms with E-state index < -0.39 is 135 Å². The molecule has 12 rings (SSSR count). The molecule has 0 saturated carbocycles. The number of carbonyl (C=O) groups is 6. The molecule has 12 aromatic rings. The van der Waals surface area contributed by atoms with Crippen molar-refractivity contribution in [2.75, 3.05) is 39.3 Å². The molecule has 0 atom stereocenters. The number of carbonyl (C=O) groups excluding carboxylic acids is 6. The van der Waals surface area contributed by atoms with Gasteiger partial charge in [-0.1, -0.05) is 143 Å². The molecule has 0 amide bonds. The Balaban J connectivity index is 0.00000144. The zero-order valence-corrected chi connectivity index (χ0v) is 80.0.